The Bertz CT molecular complexity index is 2560. The highest BCUT2D eigenvalue weighted by molar-refractivity contribution is 5.73. The molecule has 0 amide bonds. The molecule has 4 aliphatic heterocycles. The van der Waals surface area contributed by atoms with Crippen LogP contribution in [0.4, 0.5) is 0 Å². The Morgan fingerprint density at radius 3 is 1.63 bits per heavy atom. The average Bonchev–Trinajstić information content (AvgIpc) is 4.14. The van der Waals surface area contributed by atoms with E-state index in [1.54, 1.807) is 21.4 Å². The molecule has 4 fully saturated rings. The van der Waals surface area contributed by atoms with Crippen LogP contribution in [0.3, 0.4) is 0 Å². The Labute approximate surface area is 364 Å². The SMILES string of the molecule is CC1CNCC1c1nn2c(C3CCOCC3)ncc2c(=O)[nH]1.CCc1ncc(C=O)cn1.CCc1ncc(CN2CC(C)C(c3nn4c(C5CCOCC5)ncc4c(=O)[nH]3)C2)cn1. The van der Waals surface area contributed by atoms with Crippen LogP contribution in [0.15, 0.2) is 46.8 Å². The summed E-state index contributed by atoms with van der Waals surface area (Å²) in [4.78, 5) is 69.3. The predicted octanol–water partition coefficient (Wildman–Crippen LogP) is 3.39. The highest BCUT2D eigenvalue weighted by Crippen LogP contribution is 2.32. The van der Waals surface area contributed by atoms with Crippen molar-refractivity contribution in [1.82, 2.24) is 69.3 Å². The number of nitrogens with one attached hydrogen (secondary N) is 3. The molecule has 0 bridgehead atoms. The summed E-state index contributed by atoms with van der Waals surface area (Å²) in [5.41, 5.74) is 2.46. The third-order valence-corrected chi connectivity index (χ3v) is 12.6. The molecule has 0 spiro atoms. The van der Waals surface area contributed by atoms with Gasteiger partial charge in [-0.1, -0.05) is 27.7 Å². The van der Waals surface area contributed by atoms with Crippen LogP contribution < -0.4 is 16.4 Å². The van der Waals surface area contributed by atoms with Crippen LogP contribution >= 0.6 is 0 Å². The molecule has 19 nitrogen and oxygen atoms in total. The number of rotatable bonds is 9. The number of carbonyl (C=O) groups excluding carboxylic acids is 1. The zero-order valence-corrected chi connectivity index (χ0v) is 36.6. The first-order valence-corrected chi connectivity index (χ1v) is 22.3. The van der Waals surface area contributed by atoms with E-state index in [1.165, 1.54) is 12.4 Å². The molecule has 10 heterocycles. The molecule has 0 aromatic carbocycles. The van der Waals surface area contributed by atoms with Gasteiger partial charge in [0, 0.05) is 119 Å². The standard InChI is InChI=1S/C22H29N7O2.C15H21N5O2.C7H8N2O/c1-3-19-23-8-15(9-24-19)12-28-11-14(2)17(13-28)20-26-22(30)18-10-25-21(29(18)27-20)16-4-6-31-7-5-16;1-9-6-16-7-11(9)13-18-15(21)12-8-17-14(20(12)19-13)10-2-4-22-5-3-10;1-2-7-8-3-6(5-10)4-9-7/h8-10,14,16-17H,3-7,11-13H2,1-2H3,(H,26,27,30);8-11,16H,2-7H2,1H3,(H,18,19,21);3-5H,2H2,1H3. The lowest BCUT2D eigenvalue weighted by Crippen LogP contribution is -2.24. The van der Waals surface area contributed by atoms with E-state index in [1.807, 2.05) is 19.3 Å². The fourth-order valence-electron chi connectivity index (χ4n) is 8.91. The minimum Gasteiger partial charge on any atom is -0.381 e. The Morgan fingerprint density at radius 2 is 1.16 bits per heavy atom. The molecule has 6 aromatic heterocycles. The molecule has 6 aromatic rings. The van der Waals surface area contributed by atoms with Crippen LogP contribution in [0.2, 0.25) is 0 Å². The summed E-state index contributed by atoms with van der Waals surface area (Å²) in [6, 6.07) is 0. The highest BCUT2D eigenvalue weighted by atomic mass is 16.5. The molecular weight excluding hydrogens is 805 g/mol. The van der Waals surface area contributed by atoms with E-state index in [4.69, 9.17) is 19.7 Å². The maximum atomic E-state index is 12.8. The van der Waals surface area contributed by atoms with Gasteiger partial charge in [-0.15, -0.1) is 0 Å². The normalized spacial score (nSPS) is 22.2. The fourth-order valence-corrected chi connectivity index (χ4v) is 8.91. The maximum absolute atomic E-state index is 12.8. The quantitative estimate of drug-likeness (QED) is 0.177. The summed E-state index contributed by atoms with van der Waals surface area (Å²) < 4.78 is 14.4. The van der Waals surface area contributed by atoms with Crippen molar-refractivity contribution in [2.45, 2.75) is 96.4 Å². The van der Waals surface area contributed by atoms with E-state index in [2.05, 4.69) is 70.9 Å². The van der Waals surface area contributed by atoms with Gasteiger partial charge in [0.15, 0.2) is 17.3 Å². The molecule has 19 heteroatoms. The monoisotopic (exact) mass is 862 g/mol. The third kappa shape index (κ3) is 10.1. The van der Waals surface area contributed by atoms with Gasteiger partial charge in [0.05, 0.1) is 18.0 Å². The molecule has 334 valence electrons. The second kappa shape index (κ2) is 20.3. The summed E-state index contributed by atoms with van der Waals surface area (Å²) in [5, 5.41) is 13.0. The van der Waals surface area contributed by atoms with Crippen molar-refractivity contribution in [1.29, 1.82) is 0 Å². The third-order valence-electron chi connectivity index (χ3n) is 12.6. The summed E-state index contributed by atoms with van der Waals surface area (Å²) >= 11 is 0. The van der Waals surface area contributed by atoms with Gasteiger partial charge in [-0.05, 0) is 44.1 Å². The molecule has 4 atom stereocenters. The Kier molecular flexibility index (Phi) is 14.1. The first-order chi connectivity index (χ1) is 30.7. The van der Waals surface area contributed by atoms with Crippen LogP contribution in [0.5, 0.6) is 0 Å². The van der Waals surface area contributed by atoms with E-state index >= 15 is 0 Å². The van der Waals surface area contributed by atoms with Crippen molar-refractivity contribution >= 4 is 17.3 Å². The van der Waals surface area contributed by atoms with Gasteiger partial charge >= 0.3 is 0 Å². The van der Waals surface area contributed by atoms with Crippen molar-refractivity contribution < 1.29 is 14.3 Å². The van der Waals surface area contributed by atoms with Gasteiger partial charge in [0.25, 0.3) is 11.1 Å². The lowest BCUT2D eigenvalue weighted by Gasteiger charge is -2.21. The smallest absolute Gasteiger partial charge is 0.276 e. The number of aldehydes is 1. The fraction of sp³-hybridized carbons (Fsp3) is 0.568. The number of imidazole rings is 2. The maximum Gasteiger partial charge on any atom is 0.276 e. The van der Waals surface area contributed by atoms with Crippen LogP contribution in [-0.2, 0) is 28.9 Å². The summed E-state index contributed by atoms with van der Waals surface area (Å²) in [7, 11) is 0. The number of aromatic amines is 2. The van der Waals surface area contributed by atoms with Gasteiger partial charge in [-0.25, -0.2) is 38.9 Å². The van der Waals surface area contributed by atoms with Crippen LogP contribution in [-0.4, -0.2) is 123 Å². The Morgan fingerprint density at radius 1 is 0.651 bits per heavy atom. The van der Waals surface area contributed by atoms with E-state index in [9.17, 15) is 14.4 Å². The van der Waals surface area contributed by atoms with Gasteiger partial charge in [-0.2, -0.15) is 10.2 Å². The average molecular weight is 863 g/mol. The summed E-state index contributed by atoms with van der Waals surface area (Å²) in [5.74, 6) is 6.78. The number of carbonyl (C=O) groups is 1. The first kappa shape index (κ1) is 44.0. The lowest BCUT2D eigenvalue weighted by molar-refractivity contribution is 0.0831. The number of aryl methyl sites for hydroxylation is 2. The molecule has 0 saturated carbocycles. The molecular formula is C44H58N14O5. The van der Waals surface area contributed by atoms with Gasteiger partial charge < -0.3 is 24.8 Å². The number of nitrogens with zero attached hydrogens (tertiary/aromatic N) is 11. The molecule has 4 unspecified atom stereocenters. The molecule has 10 rings (SSSR count). The zero-order valence-electron chi connectivity index (χ0n) is 36.6. The minimum absolute atomic E-state index is 0.102. The zero-order chi connectivity index (χ0) is 43.9. The molecule has 4 saturated heterocycles. The molecule has 4 aliphatic rings. The van der Waals surface area contributed by atoms with Gasteiger partial charge in [0.2, 0.25) is 0 Å². The second-order valence-corrected chi connectivity index (χ2v) is 17.1. The van der Waals surface area contributed by atoms with Gasteiger partial charge in [-0.3, -0.25) is 19.3 Å². The number of ether oxygens (including phenoxy) is 2. The molecule has 63 heavy (non-hydrogen) atoms. The van der Waals surface area contributed by atoms with Crippen molar-refractivity contribution in [3.63, 3.8) is 0 Å². The Balaban J connectivity index is 0.000000147. The largest absolute Gasteiger partial charge is 0.381 e. The number of hydrogen-bond acceptors (Lipinski definition) is 15. The number of likely N-dealkylation sites (tertiary alicyclic amines) is 1. The number of aromatic nitrogens is 12. The van der Waals surface area contributed by atoms with Crippen LogP contribution in [0.25, 0.3) is 11.0 Å². The van der Waals surface area contributed by atoms with E-state index < -0.39 is 0 Å². The minimum atomic E-state index is -0.120. The topological polar surface area (TPSA) is 228 Å². The molecule has 3 N–H and O–H groups in total. The highest BCUT2D eigenvalue weighted by Gasteiger charge is 2.34. The Hall–Kier alpha value is -5.63. The lowest BCUT2D eigenvalue weighted by atomic mass is 9.97. The van der Waals surface area contributed by atoms with Crippen molar-refractivity contribution in [2.75, 3.05) is 52.6 Å². The van der Waals surface area contributed by atoms with Crippen molar-refractivity contribution in [3.8, 4) is 0 Å². The molecule has 0 radical (unpaired) electrons. The summed E-state index contributed by atoms with van der Waals surface area (Å²) in [6.45, 7) is 15.8. The van der Waals surface area contributed by atoms with E-state index in [0.29, 0.717) is 34.4 Å². The summed E-state index contributed by atoms with van der Waals surface area (Å²) in [6.07, 6.45) is 16.2. The van der Waals surface area contributed by atoms with E-state index in [0.717, 1.165) is 144 Å². The van der Waals surface area contributed by atoms with Crippen LogP contribution in [0, 0.1) is 11.8 Å². The van der Waals surface area contributed by atoms with Crippen molar-refractivity contribution in [3.05, 3.63) is 104 Å². The van der Waals surface area contributed by atoms with Gasteiger partial charge in [0.1, 0.15) is 34.9 Å². The first-order valence-electron chi connectivity index (χ1n) is 22.3. The second-order valence-electron chi connectivity index (χ2n) is 17.1. The number of H-pyrrole nitrogens is 2. The van der Waals surface area contributed by atoms with Crippen LogP contribution in [0.1, 0.15) is 128 Å². The number of fused-ring (bicyclic) bond motifs is 2. The number of hydrogen-bond donors (Lipinski definition) is 3. The van der Waals surface area contributed by atoms with Crippen molar-refractivity contribution in [2.24, 2.45) is 11.8 Å². The van der Waals surface area contributed by atoms with E-state index in [-0.39, 0.29) is 28.9 Å². The molecule has 0 aliphatic carbocycles. The predicted molar refractivity (Wildman–Crippen MR) is 233 cm³/mol.